The van der Waals surface area contributed by atoms with E-state index in [0.717, 1.165) is 0 Å². The highest BCUT2D eigenvalue weighted by Gasteiger charge is 2.20. The van der Waals surface area contributed by atoms with Crippen LogP contribution in [-0.2, 0) is 19.1 Å². The van der Waals surface area contributed by atoms with E-state index in [1.807, 2.05) is 0 Å². The number of hydrogen-bond donors (Lipinski definition) is 4. The fourth-order valence-electron chi connectivity index (χ4n) is 0.998. The molecule has 0 aliphatic heterocycles. The molecule has 0 aromatic rings. The third kappa shape index (κ3) is 6.12. The molecule has 1 amide bonds. The van der Waals surface area contributed by atoms with Crippen LogP contribution in [-0.4, -0.2) is 47.9 Å². The van der Waals surface area contributed by atoms with Crippen LogP contribution in [0.2, 0.25) is 0 Å². The molecule has 0 aromatic heterocycles. The second kappa shape index (κ2) is 7.91. The molecule has 0 bridgehead atoms. The van der Waals surface area contributed by atoms with Gasteiger partial charge in [-0.2, -0.15) is 12.6 Å². The molecule has 0 aliphatic rings. The van der Waals surface area contributed by atoms with Crippen LogP contribution in [0.5, 0.6) is 0 Å². The number of carbonyl (C=O) groups excluding carboxylic acids is 2. The number of methoxy groups -OCH3 is 1. The summed E-state index contributed by atoms with van der Waals surface area (Å²) in [7, 11) is 1.20. The summed E-state index contributed by atoms with van der Waals surface area (Å²) in [6, 6.07) is -1.93. The molecule has 2 atom stereocenters. The summed E-state index contributed by atoms with van der Waals surface area (Å²) < 4.78 is 4.45. The van der Waals surface area contributed by atoms with E-state index in [1.54, 1.807) is 0 Å². The maximum absolute atomic E-state index is 11.4. The first-order valence-corrected chi connectivity index (χ1v) is 5.52. The maximum atomic E-state index is 11.4. The van der Waals surface area contributed by atoms with Crippen molar-refractivity contribution in [1.82, 2.24) is 5.32 Å². The minimum atomic E-state index is -1.17. The largest absolute Gasteiger partial charge is 0.480 e. The van der Waals surface area contributed by atoms with Gasteiger partial charge in [0.25, 0.3) is 0 Å². The SMILES string of the molecule is COC(=O)C(CS)NC(=O)CCC(N)C(=O)O. The molecule has 0 rings (SSSR count). The van der Waals surface area contributed by atoms with Crippen LogP contribution in [0.4, 0.5) is 0 Å². The van der Waals surface area contributed by atoms with Crippen molar-refractivity contribution in [3.8, 4) is 0 Å². The number of hydrogen-bond acceptors (Lipinski definition) is 6. The lowest BCUT2D eigenvalue weighted by Crippen LogP contribution is -2.43. The highest BCUT2D eigenvalue weighted by atomic mass is 32.1. The Hall–Kier alpha value is -1.28. The first-order valence-electron chi connectivity index (χ1n) is 4.88. The van der Waals surface area contributed by atoms with E-state index in [9.17, 15) is 14.4 Å². The molecule has 0 heterocycles. The van der Waals surface area contributed by atoms with Gasteiger partial charge < -0.3 is 20.9 Å². The average Bonchev–Trinajstić information content (AvgIpc) is 2.31. The number of nitrogens with two attached hydrogens (primary N) is 1. The minimum absolute atomic E-state index is 0.00162. The Labute approximate surface area is 104 Å². The lowest BCUT2D eigenvalue weighted by molar-refractivity contribution is -0.144. The number of esters is 1. The van der Waals surface area contributed by atoms with Gasteiger partial charge in [-0.05, 0) is 6.42 Å². The van der Waals surface area contributed by atoms with Crippen LogP contribution < -0.4 is 11.1 Å². The van der Waals surface area contributed by atoms with Crippen molar-refractivity contribution in [3.63, 3.8) is 0 Å². The predicted octanol–water partition coefficient (Wildman–Crippen LogP) is -1.23. The number of amides is 1. The summed E-state index contributed by atoms with van der Waals surface area (Å²) in [6.07, 6.45) is -0.0730. The molecule has 0 spiro atoms. The standard InChI is InChI=1S/C9H16N2O5S/c1-16-9(15)6(4-17)11-7(12)3-2-5(10)8(13)14/h5-6,17H,2-4,10H2,1H3,(H,11,12)(H,13,14). The molecule has 0 fully saturated rings. The Bertz CT molecular complexity index is 297. The van der Waals surface area contributed by atoms with E-state index in [0.29, 0.717) is 0 Å². The number of aliphatic carboxylic acids is 1. The molecule has 0 aliphatic carbocycles. The number of carboxylic acid groups (broad SMARTS) is 1. The molecule has 0 aromatic carbocycles. The number of carbonyl (C=O) groups is 3. The third-order valence-corrected chi connectivity index (χ3v) is 2.37. The Balaban J connectivity index is 4.08. The second-order valence-electron chi connectivity index (χ2n) is 3.31. The topological polar surface area (TPSA) is 119 Å². The van der Waals surface area contributed by atoms with Crippen molar-refractivity contribution in [3.05, 3.63) is 0 Å². The smallest absolute Gasteiger partial charge is 0.329 e. The van der Waals surface area contributed by atoms with E-state index >= 15 is 0 Å². The summed E-state index contributed by atoms with van der Waals surface area (Å²) in [4.78, 5) is 32.9. The molecular weight excluding hydrogens is 248 g/mol. The first kappa shape index (κ1) is 15.7. The molecule has 7 nitrogen and oxygen atoms in total. The van der Waals surface area contributed by atoms with Gasteiger partial charge in [0.05, 0.1) is 7.11 Å². The maximum Gasteiger partial charge on any atom is 0.329 e. The molecule has 98 valence electrons. The molecular formula is C9H16N2O5S. The summed E-state index contributed by atoms with van der Waals surface area (Å²) in [5.41, 5.74) is 5.23. The molecule has 2 unspecified atom stereocenters. The van der Waals surface area contributed by atoms with Gasteiger partial charge in [0.1, 0.15) is 12.1 Å². The average molecular weight is 264 g/mol. The quantitative estimate of drug-likeness (QED) is 0.337. The van der Waals surface area contributed by atoms with E-state index in [4.69, 9.17) is 10.8 Å². The number of ether oxygens (including phenoxy) is 1. The number of rotatable bonds is 7. The molecule has 0 saturated carbocycles. The van der Waals surface area contributed by atoms with Crippen LogP contribution in [0, 0.1) is 0 Å². The van der Waals surface area contributed by atoms with Crippen molar-refractivity contribution in [2.24, 2.45) is 5.73 Å². The fourth-order valence-corrected chi connectivity index (χ4v) is 1.24. The molecule has 4 N–H and O–H groups in total. The Morgan fingerprint density at radius 2 is 2.06 bits per heavy atom. The Morgan fingerprint density at radius 1 is 1.47 bits per heavy atom. The molecule has 0 radical (unpaired) electrons. The summed E-state index contributed by atoms with van der Waals surface area (Å²) in [5, 5.41) is 10.9. The van der Waals surface area contributed by atoms with Crippen LogP contribution >= 0.6 is 12.6 Å². The van der Waals surface area contributed by atoms with Crippen LogP contribution in [0.25, 0.3) is 0 Å². The van der Waals surface area contributed by atoms with Crippen LogP contribution in [0.1, 0.15) is 12.8 Å². The molecule has 0 saturated heterocycles. The van der Waals surface area contributed by atoms with Gasteiger partial charge in [0.2, 0.25) is 5.91 Å². The first-order chi connectivity index (χ1) is 7.92. The summed E-state index contributed by atoms with van der Waals surface area (Å²) in [5.74, 6) is -2.14. The van der Waals surface area contributed by atoms with Gasteiger partial charge in [-0.3, -0.25) is 9.59 Å². The minimum Gasteiger partial charge on any atom is -0.480 e. The predicted molar refractivity (Wildman–Crippen MR) is 62.6 cm³/mol. The van der Waals surface area contributed by atoms with Crippen molar-refractivity contribution in [1.29, 1.82) is 0 Å². The van der Waals surface area contributed by atoms with E-state index < -0.39 is 29.9 Å². The van der Waals surface area contributed by atoms with Gasteiger partial charge in [0, 0.05) is 12.2 Å². The van der Waals surface area contributed by atoms with Gasteiger partial charge in [0.15, 0.2) is 0 Å². The number of carboxylic acids is 1. The second-order valence-corrected chi connectivity index (χ2v) is 3.67. The van der Waals surface area contributed by atoms with Crippen molar-refractivity contribution < 1.29 is 24.2 Å². The normalized spacial score (nSPS) is 13.6. The van der Waals surface area contributed by atoms with E-state index in [-0.39, 0.29) is 18.6 Å². The summed E-state index contributed by atoms with van der Waals surface area (Å²) in [6.45, 7) is 0. The van der Waals surface area contributed by atoms with Crippen LogP contribution in [0.15, 0.2) is 0 Å². The van der Waals surface area contributed by atoms with Crippen LogP contribution in [0.3, 0.4) is 0 Å². The van der Waals surface area contributed by atoms with Gasteiger partial charge in [-0.25, -0.2) is 4.79 Å². The van der Waals surface area contributed by atoms with Gasteiger partial charge in [-0.15, -0.1) is 0 Å². The lowest BCUT2D eigenvalue weighted by atomic mass is 10.1. The van der Waals surface area contributed by atoms with Crippen molar-refractivity contribution >= 4 is 30.5 Å². The number of nitrogens with one attached hydrogen (secondary N) is 1. The lowest BCUT2D eigenvalue weighted by Gasteiger charge is -2.14. The third-order valence-electron chi connectivity index (χ3n) is 2.00. The van der Waals surface area contributed by atoms with Gasteiger partial charge >= 0.3 is 11.9 Å². The van der Waals surface area contributed by atoms with Crippen molar-refractivity contribution in [2.75, 3.05) is 12.9 Å². The zero-order chi connectivity index (χ0) is 13.4. The van der Waals surface area contributed by atoms with Gasteiger partial charge in [-0.1, -0.05) is 0 Å². The fraction of sp³-hybridized carbons (Fsp3) is 0.667. The molecule has 17 heavy (non-hydrogen) atoms. The van der Waals surface area contributed by atoms with Crippen molar-refractivity contribution in [2.45, 2.75) is 24.9 Å². The number of thiol groups is 1. The Kier molecular flexibility index (Phi) is 7.31. The van der Waals surface area contributed by atoms with E-state index in [1.165, 1.54) is 7.11 Å². The Morgan fingerprint density at radius 3 is 2.47 bits per heavy atom. The monoisotopic (exact) mass is 264 g/mol. The molecule has 8 heteroatoms. The van der Waals surface area contributed by atoms with E-state index in [2.05, 4.69) is 22.7 Å². The summed E-state index contributed by atoms with van der Waals surface area (Å²) >= 11 is 3.89. The zero-order valence-corrected chi connectivity index (χ0v) is 10.3. The zero-order valence-electron chi connectivity index (χ0n) is 9.38. The highest BCUT2D eigenvalue weighted by molar-refractivity contribution is 7.80. The highest BCUT2D eigenvalue weighted by Crippen LogP contribution is 1.98.